The molecule has 1 aliphatic carbocycles. The molecule has 2 N–H and O–H groups in total. The van der Waals surface area contributed by atoms with Crippen molar-refractivity contribution in [3.63, 3.8) is 0 Å². The molecule has 2 aliphatic rings. The number of aromatic amines is 1. The minimum absolute atomic E-state index is 0.0121. The van der Waals surface area contributed by atoms with Gasteiger partial charge in [-0.3, -0.25) is 14.5 Å². The normalized spacial score (nSPS) is 15.5. The number of fused-ring (bicyclic) bond motifs is 4. The van der Waals surface area contributed by atoms with Crippen molar-refractivity contribution in [3.8, 4) is 5.69 Å². The molecular formula is C25H20F2N8O2. The van der Waals surface area contributed by atoms with Crippen molar-refractivity contribution in [2.24, 2.45) is 0 Å². The Morgan fingerprint density at radius 2 is 2.00 bits per heavy atom. The Morgan fingerprint density at radius 1 is 1.14 bits per heavy atom. The summed E-state index contributed by atoms with van der Waals surface area (Å²) in [5.41, 5.74) is 2.70. The predicted molar refractivity (Wildman–Crippen MR) is 128 cm³/mol. The lowest BCUT2D eigenvalue weighted by molar-refractivity contribution is 0.0946. The highest BCUT2D eigenvalue weighted by Gasteiger charge is 2.26. The third-order valence-electron chi connectivity index (χ3n) is 6.80. The van der Waals surface area contributed by atoms with Crippen molar-refractivity contribution >= 4 is 22.5 Å². The summed E-state index contributed by atoms with van der Waals surface area (Å²) < 4.78 is 32.1. The first kappa shape index (κ1) is 21.8. The number of nitrogens with one attached hydrogen (secondary N) is 2. The number of benzene rings is 1. The lowest BCUT2D eigenvalue weighted by Crippen LogP contribution is -2.26. The molecule has 0 unspecified atom stereocenters. The van der Waals surface area contributed by atoms with Gasteiger partial charge in [0.05, 0.1) is 29.3 Å². The number of nitrogens with zero attached hydrogens (tertiary/aromatic N) is 6. The smallest absolute Gasteiger partial charge is 0.277 e. The summed E-state index contributed by atoms with van der Waals surface area (Å²) in [4.78, 5) is 33.2. The maximum absolute atomic E-state index is 15.4. The van der Waals surface area contributed by atoms with Gasteiger partial charge in [0.2, 0.25) is 0 Å². The van der Waals surface area contributed by atoms with Gasteiger partial charge in [-0.15, -0.1) is 0 Å². The highest BCUT2D eigenvalue weighted by molar-refractivity contribution is 5.92. The fraction of sp³-hybridized carbons (Fsp3) is 0.240. The van der Waals surface area contributed by atoms with Crippen LogP contribution in [-0.4, -0.2) is 46.2 Å². The lowest BCUT2D eigenvalue weighted by atomic mass is 10.1. The third kappa shape index (κ3) is 3.68. The van der Waals surface area contributed by atoms with Gasteiger partial charge in [0.1, 0.15) is 11.2 Å². The SMILES string of the molecule is O=C(NC1CC1)c1ccc(-n2cc3c(n2)CN(Cc2ccc4c([nH]c(=O)c5c(F)cnn54)c2F)C3)cn1. The number of amides is 1. The van der Waals surface area contributed by atoms with E-state index in [0.29, 0.717) is 30.9 Å². The molecule has 5 heterocycles. The minimum Gasteiger partial charge on any atom is -0.348 e. The van der Waals surface area contributed by atoms with Crippen LogP contribution in [0, 0.1) is 11.6 Å². The summed E-state index contributed by atoms with van der Waals surface area (Å²) in [6.45, 7) is 1.40. The molecule has 1 aliphatic heterocycles. The summed E-state index contributed by atoms with van der Waals surface area (Å²) in [5.74, 6) is -1.50. The molecule has 5 aromatic rings. The number of H-pyrrole nitrogens is 1. The summed E-state index contributed by atoms with van der Waals surface area (Å²) in [6, 6.07) is 7.01. The molecule has 10 nitrogen and oxygen atoms in total. The van der Waals surface area contributed by atoms with E-state index in [1.54, 1.807) is 29.1 Å². The van der Waals surface area contributed by atoms with Gasteiger partial charge in [-0.2, -0.15) is 10.2 Å². The van der Waals surface area contributed by atoms with E-state index in [1.165, 1.54) is 0 Å². The molecule has 1 saturated carbocycles. The fourth-order valence-electron chi connectivity index (χ4n) is 4.76. The van der Waals surface area contributed by atoms with Crippen LogP contribution in [0.15, 0.2) is 47.7 Å². The van der Waals surface area contributed by atoms with Crippen LogP contribution >= 0.6 is 0 Å². The number of hydrogen-bond donors (Lipinski definition) is 2. The molecule has 0 saturated heterocycles. The Bertz CT molecular complexity index is 1740. The van der Waals surface area contributed by atoms with E-state index in [4.69, 9.17) is 0 Å². The van der Waals surface area contributed by atoms with Crippen LogP contribution in [0.5, 0.6) is 0 Å². The van der Waals surface area contributed by atoms with Gasteiger partial charge in [-0.05, 0) is 31.0 Å². The Morgan fingerprint density at radius 3 is 2.76 bits per heavy atom. The van der Waals surface area contributed by atoms with Crippen LogP contribution in [0.2, 0.25) is 0 Å². The molecule has 0 atom stereocenters. The predicted octanol–water partition coefficient (Wildman–Crippen LogP) is 2.44. The first-order valence-electron chi connectivity index (χ1n) is 11.9. The summed E-state index contributed by atoms with van der Waals surface area (Å²) >= 11 is 0. The zero-order valence-electron chi connectivity index (χ0n) is 19.4. The largest absolute Gasteiger partial charge is 0.348 e. The summed E-state index contributed by atoms with van der Waals surface area (Å²) in [7, 11) is 0. The number of hydrogen-bond acceptors (Lipinski definition) is 6. The lowest BCUT2D eigenvalue weighted by Gasteiger charge is -2.16. The fourth-order valence-corrected chi connectivity index (χ4v) is 4.76. The maximum atomic E-state index is 15.4. The molecule has 7 rings (SSSR count). The zero-order chi connectivity index (χ0) is 25.3. The second kappa shape index (κ2) is 8.03. The summed E-state index contributed by atoms with van der Waals surface area (Å²) in [6.07, 6.45) is 6.50. The number of rotatable bonds is 5. The highest BCUT2D eigenvalue weighted by Crippen LogP contribution is 2.27. The second-order valence-corrected chi connectivity index (χ2v) is 9.48. The van der Waals surface area contributed by atoms with Crippen LogP contribution in [0.3, 0.4) is 0 Å². The van der Waals surface area contributed by atoms with E-state index < -0.39 is 17.2 Å². The zero-order valence-corrected chi connectivity index (χ0v) is 19.4. The summed E-state index contributed by atoms with van der Waals surface area (Å²) in [5, 5.41) is 11.4. The van der Waals surface area contributed by atoms with E-state index in [0.717, 1.165) is 40.5 Å². The van der Waals surface area contributed by atoms with E-state index in [2.05, 4.69) is 25.5 Å². The van der Waals surface area contributed by atoms with Crippen molar-refractivity contribution in [3.05, 3.63) is 87.4 Å². The van der Waals surface area contributed by atoms with Crippen molar-refractivity contribution in [1.29, 1.82) is 0 Å². The molecular weight excluding hydrogens is 482 g/mol. The monoisotopic (exact) mass is 502 g/mol. The van der Waals surface area contributed by atoms with E-state index in [1.807, 2.05) is 17.2 Å². The molecule has 12 heteroatoms. The molecule has 0 bridgehead atoms. The minimum atomic E-state index is -0.759. The van der Waals surface area contributed by atoms with Gasteiger partial charge in [0, 0.05) is 43.0 Å². The first-order chi connectivity index (χ1) is 17.9. The first-order valence-corrected chi connectivity index (χ1v) is 11.9. The van der Waals surface area contributed by atoms with Crippen LogP contribution in [-0.2, 0) is 19.6 Å². The van der Waals surface area contributed by atoms with Crippen molar-refractivity contribution in [2.45, 2.75) is 38.5 Å². The number of halogens is 2. The van der Waals surface area contributed by atoms with Gasteiger partial charge in [0.25, 0.3) is 11.5 Å². The standard InChI is InChI=1S/C25H20F2N8O2/c26-17-8-29-35-20-6-1-13(21(27)22(20)31-25(37)23(17)35)9-33-10-14-11-34(32-19(14)12-33)16-4-5-18(28-7-16)24(36)30-15-2-3-15/h1,4-8,11,15H,2-3,9-10,12H2,(H,30,36)(H,31,37). The highest BCUT2D eigenvalue weighted by atomic mass is 19.1. The molecule has 1 amide bonds. The quantitative estimate of drug-likeness (QED) is 0.382. The number of aromatic nitrogens is 6. The second-order valence-electron chi connectivity index (χ2n) is 9.48. The van der Waals surface area contributed by atoms with Crippen LogP contribution in [0.25, 0.3) is 22.2 Å². The molecule has 37 heavy (non-hydrogen) atoms. The van der Waals surface area contributed by atoms with Gasteiger partial charge >= 0.3 is 0 Å². The third-order valence-corrected chi connectivity index (χ3v) is 6.80. The van der Waals surface area contributed by atoms with Crippen molar-refractivity contribution in [1.82, 2.24) is 39.6 Å². The van der Waals surface area contributed by atoms with Crippen molar-refractivity contribution < 1.29 is 13.6 Å². The molecule has 1 fully saturated rings. The molecule has 186 valence electrons. The molecule has 4 aromatic heterocycles. The Hall–Kier alpha value is -4.45. The van der Waals surface area contributed by atoms with Crippen LogP contribution in [0.4, 0.5) is 8.78 Å². The number of carbonyl (C=O) groups excluding carboxylic acids is 1. The van der Waals surface area contributed by atoms with Gasteiger partial charge < -0.3 is 10.3 Å². The topological polar surface area (TPSA) is 113 Å². The average molecular weight is 502 g/mol. The van der Waals surface area contributed by atoms with E-state index >= 15 is 4.39 Å². The molecule has 1 aromatic carbocycles. The van der Waals surface area contributed by atoms with Crippen molar-refractivity contribution in [2.75, 3.05) is 0 Å². The maximum Gasteiger partial charge on any atom is 0.277 e. The van der Waals surface area contributed by atoms with Crippen LogP contribution < -0.4 is 10.9 Å². The average Bonchev–Trinajstić information content (AvgIpc) is 3.29. The molecule has 0 radical (unpaired) electrons. The van der Waals surface area contributed by atoms with Crippen LogP contribution in [0.1, 0.15) is 40.2 Å². The van der Waals surface area contributed by atoms with Gasteiger partial charge in [-0.1, -0.05) is 6.07 Å². The number of pyridine rings is 1. The Balaban J connectivity index is 1.08. The van der Waals surface area contributed by atoms with E-state index in [-0.39, 0.29) is 28.5 Å². The van der Waals surface area contributed by atoms with E-state index in [9.17, 15) is 14.0 Å². The van der Waals surface area contributed by atoms with Gasteiger partial charge in [-0.25, -0.2) is 23.0 Å². The Labute approximate surface area is 207 Å². The Kier molecular flexibility index (Phi) is 4.73. The molecule has 0 spiro atoms. The number of carbonyl (C=O) groups is 1. The van der Waals surface area contributed by atoms with Gasteiger partial charge in [0.15, 0.2) is 17.2 Å².